The zero-order valence-electron chi connectivity index (χ0n) is 9.30. The van der Waals surface area contributed by atoms with Crippen LogP contribution in [0.4, 0.5) is 0 Å². The lowest BCUT2D eigenvalue weighted by Crippen LogP contribution is -2.33. The van der Waals surface area contributed by atoms with Gasteiger partial charge < -0.3 is 10.8 Å². The molecule has 0 saturated carbocycles. The smallest absolute Gasteiger partial charge is 0.321 e. The third kappa shape index (κ3) is 4.68. The number of aliphatic carboxylic acids is 1. The molecule has 16 heavy (non-hydrogen) atoms. The summed E-state index contributed by atoms with van der Waals surface area (Å²) in [7, 11) is 0. The summed E-state index contributed by atoms with van der Waals surface area (Å²) in [6.45, 7) is 2.09. The summed E-state index contributed by atoms with van der Waals surface area (Å²) >= 11 is 1.60. The van der Waals surface area contributed by atoms with E-state index in [0.29, 0.717) is 11.0 Å². The van der Waals surface area contributed by atoms with Gasteiger partial charge in [0.15, 0.2) is 0 Å². The second-order valence-electron chi connectivity index (χ2n) is 3.78. The molecule has 0 amide bonds. The Morgan fingerprint density at radius 1 is 1.44 bits per heavy atom. The van der Waals surface area contributed by atoms with Crippen LogP contribution in [0.25, 0.3) is 0 Å². The van der Waals surface area contributed by atoms with Crippen LogP contribution < -0.4 is 5.73 Å². The number of nitrogens with two attached hydrogens (primary N) is 1. The minimum absolute atomic E-state index is 0.382. The van der Waals surface area contributed by atoms with E-state index in [1.165, 1.54) is 5.56 Å². The first-order valence-electron chi connectivity index (χ1n) is 5.23. The molecular formula is C12H17NO2S. The second-order valence-corrected chi connectivity index (χ2v) is 5.25. The Bertz CT molecular complexity index is 329. The Labute approximate surface area is 100 Å². The van der Waals surface area contributed by atoms with Crippen molar-refractivity contribution in [2.45, 2.75) is 24.6 Å². The highest BCUT2D eigenvalue weighted by atomic mass is 32.2. The van der Waals surface area contributed by atoms with E-state index in [9.17, 15) is 4.79 Å². The summed E-state index contributed by atoms with van der Waals surface area (Å²) in [4.78, 5) is 10.5. The molecule has 0 spiro atoms. The number of benzene rings is 1. The van der Waals surface area contributed by atoms with Gasteiger partial charge in [0.1, 0.15) is 6.04 Å². The lowest BCUT2D eigenvalue weighted by molar-refractivity contribution is -0.137. The topological polar surface area (TPSA) is 63.3 Å². The van der Waals surface area contributed by atoms with E-state index in [2.05, 4.69) is 19.1 Å². The number of carbonyl (C=O) groups is 1. The first-order valence-corrected chi connectivity index (χ1v) is 6.28. The lowest BCUT2D eigenvalue weighted by atomic mass is 10.1. The first kappa shape index (κ1) is 13.1. The van der Waals surface area contributed by atoms with Crippen LogP contribution in [-0.4, -0.2) is 28.1 Å². The Balaban J connectivity index is 2.31. The maximum absolute atomic E-state index is 10.5. The van der Waals surface area contributed by atoms with Gasteiger partial charge in [0.25, 0.3) is 0 Å². The predicted molar refractivity (Wildman–Crippen MR) is 67.7 cm³/mol. The van der Waals surface area contributed by atoms with Crippen molar-refractivity contribution in [3.8, 4) is 0 Å². The van der Waals surface area contributed by atoms with Gasteiger partial charge in [0.05, 0.1) is 0 Å². The Morgan fingerprint density at radius 2 is 2.06 bits per heavy atom. The van der Waals surface area contributed by atoms with Gasteiger partial charge in [-0.3, -0.25) is 4.79 Å². The summed E-state index contributed by atoms with van der Waals surface area (Å²) in [5.41, 5.74) is 6.71. The lowest BCUT2D eigenvalue weighted by Gasteiger charge is -2.12. The molecule has 1 aromatic rings. The van der Waals surface area contributed by atoms with Crippen LogP contribution in [0.2, 0.25) is 0 Å². The highest BCUT2D eigenvalue weighted by Crippen LogP contribution is 2.16. The Hall–Kier alpha value is -1.00. The van der Waals surface area contributed by atoms with Crippen LogP contribution >= 0.6 is 11.8 Å². The molecule has 0 aliphatic heterocycles. The van der Waals surface area contributed by atoms with Crippen molar-refractivity contribution in [2.75, 3.05) is 5.75 Å². The molecule has 4 heteroatoms. The van der Waals surface area contributed by atoms with Gasteiger partial charge in [-0.1, -0.05) is 37.3 Å². The summed E-state index contributed by atoms with van der Waals surface area (Å²) in [5.74, 6) is -0.469. The van der Waals surface area contributed by atoms with Crippen molar-refractivity contribution < 1.29 is 9.90 Å². The third-order valence-electron chi connectivity index (χ3n) is 2.24. The summed E-state index contributed by atoms with van der Waals surface area (Å²) in [5, 5.41) is 9.03. The molecule has 0 fully saturated rings. The fraction of sp³-hybridized carbons (Fsp3) is 0.417. The van der Waals surface area contributed by atoms with E-state index in [0.717, 1.165) is 6.42 Å². The quantitative estimate of drug-likeness (QED) is 0.794. The molecule has 1 aromatic carbocycles. The van der Waals surface area contributed by atoms with E-state index >= 15 is 0 Å². The van der Waals surface area contributed by atoms with Gasteiger partial charge in [-0.2, -0.15) is 11.8 Å². The Morgan fingerprint density at radius 3 is 2.62 bits per heavy atom. The SMILES string of the molecule is CC(Cc1ccccc1)SC[C@H](N)C(=O)O. The fourth-order valence-electron chi connectivity index (χ4n) is 1.34. The van der Waals surface area contributed by atoms with Gasteiger partial charge in [-0.25, -0.2) is 0 Å². The molecule has 3 N–H and O–H groups in total. The summed E-state index contributed by atoms with van der Waals surface area (Å²) in [6, 6.07) is 9.40. The van der Waals surface area contributed by atoms with E-state index < -0.39 is 12.0 Å². The molecule has 0 aliphatic carbocycles. The average molecular weight is 239 g/mol. The van der Waals surface area contributed by atoms with Crippen LogP contribution in [0.15, 0.2) is 30.3 Å². The Kier molecular flexibility index (Phi) is 5.35. The number of rotatable bonds is 6. The van der Waals surface area contributed by atoms with E-state index in [4.69, 9.17) is 10.8 Å². The maximum Gasteiger partial charge on any atom is 0.321 e. The first-order chi connectivity index (χ1) is 7.59. The van der Waals surface area contributed by atoms with E-state index in [-0.39, 0.29) is 0 Å². The molecule has 0 radical (unpaired) electrons. The van der Waals surface area contributed by atoms with Crippen LogP contribution in [0.3, 0.4) is 0 Å². The van der Waals surface area contributed by atoms with Gasteiger partial charge in [-0.05, 0) is 12.0 Å². The van der Waals surface area contributed by atoms with Gasteiger partial charge in [-0.15, -0.1) is 0 Å². The standard InChI is InChI=1S/C12H17NO2S/c1-9(16-8-11(13)12(14)15)7-10-5-3-2-4-6-10/h2-6,9,11H,7-8,13H2,1H3,(H,14,15)/t9?,11-/m0/s1. The normalized spacial score (nSPS) is 14.4. The maximum atomic E-state index is 10.5. The van der Waals surface area contributed by atoms with Crippen molar-refractivity contribution in [1.29, 1.82) is 0 Å². The van der Waals surface area contributed by atoms with Crippen molar-refractivity contribution in [1.82, 2.24) is 0 Å². The average Bonchev–Trinajstić information content (AvgIpc) is 2.27. The molecule has 1 unspecified atom stereocenters. The molecule has 2 atom stereocenters. The minimum atomic E-state index is -0.931. The predicted octanol–water partition coefficient (Wildman–Crippen LogP) is 1.76. The number of thioether (sulfide) groups is 1. The third-order valence-corrected chi connectivity index (χ3v) is 3.53. The monoisotopic (exact) mass is 239 g/mol. The number of hydrogen-bond donors (Lipinski definition) is 2. The molecule has 3 nitrogen and oxygen atoms in total. The largest absolute Gasteiger partial charge is 0.480 e. The zero-order chi connectivity index (χ0) is 12.0. The number of carboxylic acid groups (broad SMARTS) is 1. The molecule has 0 aromatic heterocycles. The second kappa shape index (κ2) is 6.55. The molecule has 88 valence electrons. The van der Waals surface area contributed by atoms with Crippen LogP contribution in [0, 0.1) is 0 Å². The van der Waals surface area contributed by atoms with Crippen LogP contribution in [0.5, 0.6) is 0 Å². The molecule has 0 bridgehead atoms. The van der Waals surface area contributed by atoms with E-state index in [1.54, 1.807) is 11.8 Å². The highest BCUT2D eigenvalue weighted by Gasteiger charge is 2.13. The molecule has 0 aliphatic rings. The van der Waals surface area contributed by atoms with E-state index in [1.807, 2.05) is 18.2 Å². The fourth-order valence-corrected chi connectivity index (χ4v) is 2.33. The zero-order valence-corrected chi connectivity index (χ0v) is 10.1. The number of hydrogen-bond acceptors (Lipinski definition) is 3. The highest BCUT2D eigenvalue weighted by molar-refractivity contribution is 7.99. The van der Waals surface area contributed by atoms with Gasteiger partial charge in [0, 0.05) is 11.0 Å². The van der Waals surface area contributed by atoms with Crippen LogP contribution in [0.1, 0.15) is 12.5 Å². The summed E-state index contributed by atoms with van der Waals surface area (Å²) < 4.78 is 0. The summed E-state index contributed by atoms with van der Waals surface area (Å²) in [6.07, 6.45) is 0.942. The molecule has 1 rings (SSSR count). The van der Waals surface area contributed by atoms with Crippen molar-refractivity contribution in [3.05, 3.63) is 35.9 Å². The molecule has 0 heterocycles. The van der Waals surface area contributed by atoms with Crippen molar-refractivity contribution in [2.24, 2.45) is 5.73 Å². The van der Waals surface area contributed by atoms with Crippen molar-refractivity contribution >= 4 is 17.7 Å². The number of carboxylic acids is 1. The molecule has 0 saturated heterocycles. The van der Waals surface area contributed by atoms with Crippen LogP contribution in [-0.2, 0) is 11.2 Å². The van der Waals surface area contributed by atoms with Crippen molar-refractivity contribution in [3.63, 3.8) is 0 Å². The molecular weight excluding hydrogens is 222 g/mol. The van der Waals surface area contributed by atoms with Gasteiger partial charge in [0.2, 0.25) is 0 Å². The van der Waals surface area contributed by atoms with Gasteiger partial charge >= 0.3 is 5.97 Å². The minimum Gasteiger partial charge on any atom is -0.480 e.